The number of aromatic nitrogens is 1. The van der Waals surface area contributed by atoms with E-state index in [0.717, 1.165) is 29.9 Å². The van der Waals surface area contributed by atoms with E-state index in [1.54, 1.807) is 7.11 Å². The molecule has 2 heterocycles. The first-order chi connectivity index (χ1) is 10.2. The molecule has 0 fully saturated rings. The number of nitrogens with two attached hydrogens (primary N) is 1. The Bertz CT molecular complexity index is 669. The Morgan fingerprint density at radius 2 is 2.27 bits per heavy atom. The molecule has 3 N–H and O–H groups in total. The second-order valence-corrected chi connectivity index (χ2v) is 5.32. The van der Waals surface area contributed by atoms with Gasteiger partial charge in [-0.2, -0.15) is 0 Å². The van der Waals surface area contributed by atoms with E-state index >= 15 is 0 Å². The quantitative estimate of drug-likeness (QED) is 0.659. The number of H-pyrrole nitrogens is 1. The van der Waals surface area contributed by atoms with Gasteiger partial charge in [-0.15, -0.1) is 0 Å². The SMILES string of the molecule is CCOC(=O)CC1[NH2+]CCc2c1[nH]c1ccc(OC)cc21.[Cl-]. The lowest BCUT2D eigenvalue weighted by Gasteiger charge is -2.20. The van der Waals surface area contributed by atoms with Gasteiger partial charge in [0.2, 0.25) is 0 Å². The maximum atomic E-state index is 11.8. The zero-order valence-electron chi connectivity index (χ0n) is 12.8. The molecule has 6 heteroatoms. The molecule has 1 unspecified atom stereocenters. The number of esters is 1. The van der Waals surface area contributed by atoms with Gasteiger partial charge in [-0.3, -0.25) is 4.79 Å². The van der Waals surface area contributed by atoms with Crippen molar-refractivity contribution >= 4 is 16.9 Å². The van der Waals surface area contributed by atoms with E-state index < -0.39 is 0 Å². The van der Waals surface area contributed by atoms with E-state index in [9.17, 15) is 4.79 Å². The monoisotopic (exact) mass is 324 g/mol. The number of quaternary nitrogens is 1. The number of hydrogen-bond acceptors (Lipinski definition) is 3. The van der Waals surface area contributed by atoms with Gasteiger partial charge in [0.1, 0.15) is 18.2 Å². The summed E-state index contributed by atoms with van der Waals surface area (Å²) >= 11 is 0. The lowest BCUT2D eigenvalue weighted by atomic mass is 9.97. The highest BCUT2D eigenvalue weighted by atomic mass is 35.5. The first-order valence-corrected chi connectivity index (χ1v) is 7.40. The maximum absolute atomic E-state index is 11.8. The molecule has 0 saturated heterocycles. The molecule has 0 radical (unpaired) electrons. The summed E-state index contributed by atoms with van der Waals surface area (Å²) in [5.41, 5.74) is 3.56. The fraction of sp³-hybridized carbons (Fsp3) is 0.438. The van der Waals surface area contributed by atoms with Gasteiger partial charge in [-0.05, 0) is 30.7 Å². The fourth-order valence-corrected chi connectivity index (χ4v) is 3.09. The molecule has 3 rings (SSSR count). The van der Waals surface area contributed by atoms with Crippen molar-refractivity contribution < 1.29 is 32.0 Å². The van der Waals surface area contributed by atoms with Gasteiger partial charge in [0, 0.05) is 17.3 Å². The number of fused-ring (bicyclic) bond motifs is 3. The lowest BCUT2D eigenvalue weighted by molar-refractivity contribution is -0.698. The van der Waals surface area contributed by atoms with Crippen molar-refractivity contribution in [2.45, 2.75) is 25.8 Å². The summed E-state index contributed by atoms with van der Waals surface area (Å²) in [6, 6.07) is 6.17. The Morgan fingerprint density at radius 1 is 1.45 bits per heavy atom. The minimum Gasteiger partial charge on any atom is -1.00 e. The molecule has 0 spiro atoms. The van der Waals surface area contributed by atoms with E-state index in [0.29, 0.717) is 13.0 Å². The lowest BCUT2D eigenvalue weighted by Crippen LogP contribution is -3.00. The number of halogens is 1. The second kappa shape index (κ2) is 7.03. The van der Waals surface area contributed by atoms with Crippen molar-refractivity contribution in [2.24, 2.45) is 0 Å². The Labute approximate surface area is 135 Å². The molecule has 0 aliphatic carbocycles. The Morgan fingerprint density at radius 3 is 3.00 bits per heavy atom. The third-order valence-corrected chi connectivity index (χ3v) is 4.05. The average Bonchev–Trinajstić information content (AvgIpc) is 2.86. The molecule has 1 atom stereocenters. The zero-order valence-corrected chi connectivity index (χ0v) is 13.6. The van der Waals surface area contributed by atoms with E-state index in [1.165, 1.54) is 10.9 Å². The number of hydrogen-bond donors (Lipinski definition) is 2. The highest BCUT2D eigenvalue weighted by molar-refractivity contribution is 5.86. The van der Waals surface area contributed by atoms with Crippen molar-refractivity contribution in [2.75, 3.05) is 20.3 Å². The molecular weight excluding hydrogens is 304 g/mol. The van der Waals surface area contributed by atoms with Crippen LogP contribution < -0.4 is 22.5 Å². The van der Waals surface area contributed by atoms with Crippen molar-refractivity contribution in [1.29, 1.82) is 0 Å². The van der Waals surface area contributed by atoms with E-state index in [4.69, 9.17) is 9.47 Å². The number of nitrogens with one attached hydrogen (secondary N) is 1. The zero-order chi connectivity index (χ0) is 14.8. The van der Waals surface area contributed by atoms with Crippen LogP contribution in [0, 0.1) is 0 Å². The molecule has 1 aromatic carbocycles. The Kier molecular flexibility index (Phi) is 5.32. The third kappa shape index (κ3) is 3.05. The molecular formula is C16H21ClN2O3. The van der Waals surface area contributed by atoms with Crippen LogP contribution in [0.1, 0.15) is 30.6 Å². The Hall–Kier alpha value is -1.72. The van der Waals surface area contributed by atoms with Crippen LogP contribution in [-0.4, -0.2) is 31.2 Å². The van der Waals surface area contributed by atoms with Gasteiger partial charge in [0.15, 0.2) is 0 Å². The van der Waals surface area contributed by atoms with Gasteiger partial charge in [0.05, 0.1) is 26.0 Å². The fourth-order valence-electron chi connectivity index (χ4n) is 3.09. The first-order valence-electron chi connectivity index (χ1n) is 7.40. The van der Waals surface area contributed by atoms with Crippen molar-refractivity contribution in [3.63, 3.8) is 0 Å². The molecule has 2 aromatic rings. The van der Waals surface area contributed by atoms with Crippen molar-refractivity contribution in [3.8, 4) is 5.75 Å². The number of carbonyl (C=O) groups excluding carboxylic acids is 1. The third-order valence-electron chi connectivity index (χ3n) is 4.05. The highest BCUT2D eigenvalue weighted by Gasteiger charge is 2.29. The van der Waals surface area contributed by atoms with E-state index in [2.05, 4.69) is 16.4 Å². The molecule has 0 amide bonds. The molecule has 1 aromatic heterocycles. The van der Waals surface area contributed by atoms with E-state index in [-0.39, 0.29) is 24.4 Å². The standard InChI is InChI=1S/C16H20N2O3.ClH/c1-3-21-15(19)9-14-16-11(6-7-17-14)12-8-10(20-2)4-5-13(12)18-16;/h4-5,8,14,17-18H,3,6-7,9H2,1-2H3;1H. The van der Waals surface area contributed by atoms with Crippen LogP contribution in [0.3, 0.4) is 0 Å². The molecule has 0 saturated carbocycles. The normalized spacial score (nSPS) is 16.7. The van der Waals surface area contributed by atoms with Gasteiger partial charge in [0.25, 0.3) is 0 Å². The summed E-state index contributed by atoms with van der Waals surface area (Å²) in [4.78, 5) is 15.2. The van der Waals surface area contributed by atoms with Crippen molar-refractivity contribution in [1.82, 2.24) is 4.98 Å². The summed E-state index contributed by atoms with van der Waals surface area (Å²) in [7, 11) is 1.68. The predicted octanol–water partition coefficient (Wildman–Crippen LogP) is -1.71. The van der Waals surface area contributed by atoms with Crippen LogP contribution in [0.2, 0.25) is 0 Å². The first kappa shape index (κ1) is 16.6. The minimum atomic E-state index is -0.136. The summed E-state index contributed by atoms with van der Waals surface area (Å²) in [6.07, 6.45) is 1.41. The number of ether oxygens (including phenoxy) is 2. The summed E-state index contributed by atoms with van der Waals surface area (Å²) in [5.74, 6) is 0.726. The van der Waals surface area contributed by atoms with E-state index in [1.807, 2.05) is 19.1 Å². The molecule has 1 aliphatic heterocycles. The van der Waals surface area contributed by atoms with Gasteiger partial charge in [-0.25, -0.2) is 0 Å². The van der Waals surface area contributed by atoms with Crippen LogP contribution in [0.5, 0.6) is 5.75 Å². The summed E-state index contributed by atoms with van der Waals surface area (Å²) in [6.45, 7) is 3.26. The Balaban J connectivity index is 0.00000176. The highest BCUT2D eigenvalue weighted by Crippen LogP contribution is 2.31. The molecule has 1 aliphatic rings. The van der Waals surface area contributed by atoms with Crippen LogP contribution in [0.15, 0.2) is 18.2 Å². The van der Waals surface area contributed by atoms with Crippen molar-refractivity contribution in [3.05, 3.63) is 29.5 Å². The summed E-state index contributed by atoms with van der Waals surface area (Å²) < 4.78 is 10.4. The number of benzene rings is 1. The van der Waals surface area contributed by atoms with Gasteiger partial charge >= 0.3 is 5.97 Å². The van der Waals surface area contributed by atoms with Crippen LogP contribution in [0.4, 0.5) is 0 Å². The van der Waals surface area contributed by atoms with Crippen LogP contribution in [0.25, 0.3) is 10.9 Å². The topological polar surface area (TPSA) is 67.9 Å². The largest absolute Gasteiger partial charge is 1.00 e. The van der Waals surface area contributed by atoms with Gasteiger partial charge in [-0.1, -0.05) is 0 Å². The summed E-state index contributed by atoms with van der Waals surface area (Å²) in [5, 5.41) is 3.41. The predicted molar refractivity (Wildman–Crippen MR) is 79.3 cm³/mol. The molecule has 120 valence electrons. The molecule has 22 heavy (non-hydrogen) atoms. The second-order valence-electron chi connectivity index (χ2n) is 5.32. The maximum Gasteiger partial charge on any atom is 0.312 e. The average molecular weight is 325 g/mol. The van der Waals surface area contributed by atoms with Gasteiger partial charge < -0.3 is 32.2 Å². The minimum absolute atomic E-state index is 0. The number of methoxy groups -OCH3 is 1. The number of carbonyl (C=O) groups is 1. The molecule has 5 nitrogen and oxygen atoms in total. The van der Waals surface area contributed by atoms with Crippen LogP contribution in [-0.2, 0) is 16.0 Å². The molecule has 0 bridgehead atoms. The number of aromatic amines is 1. The number of rotatable bonds is 4. The van der Waals surface area contributed by atoms with Crippen LogP contribution >= 0.6 is 0 Å². The smallest absolute Gasteiger partial charge is 0.312 e.